The van der Waals surface area contributed by atoms with Crippen LogP contribution in [0.2, 0.25) is 0 Å². The summed E-state index contributed by atoms with van der Waals surface area (Å²) >= 11 is 0. The molecule has 1 aromatic carbocycles. The molecular formula is C28H38. The van der Waals surface area contributed by atoms with Gasteiger partial charge in [0, 0.05) is 5.41 Å². The van der Waals surface area contributed by atoms with Crippen LogP contribution in [0, 0.1) is 35.0 Å². The Morgan fingerprint density at radius 1 is 0.893 bits per heavy atom. The van der Waals surface area contributed by atoms with Crippen LogP contribution >= 0.6 is 0 Å². The highest BCUT2D eigenvalue weighted by Crippen LogP contribution is 2.61. The van der Waals surface area contributed by atoms with E-state index in [2.05, 4.69) is 62.4 Å². The molecule has 5 rings (SSSR count). The van der Waals surface area contributed by atoms with Crippen LogP contribution in [0.4, 0.5) is 0 Å². The van der Waals surface area contributed by atoms with Crippen molar-refractivity contribution >= 4 is 6.08 Å². The summed E-state index contributed by atoms with van der Waals surface area (Å²) in [5.74, 6) is 5.65. The lowest BCUT2D eigenvalue weighted by molar-refractivity contribution is -0.0315. The van der Waals surface area contributed by atoms with E-state index in [1.54, 1.807) is 0 Å². The van der Waals surface area contributed by atoms with Crippen molar-refractivity contribution in [3.05, 3.63) is 53.6 Å². The fourth-order valence-corrected chi connectivity index (χ4v) is 7.57. The van der Waals surface area contributed by atoms with Gasteiger partial charge < -0.3 is 0 Å². The molecule has 0 amide bonds. The van der Waals surface area contributed by atoms with Crippen LogP contribution in [-0.2, 0) is 0 Å². The molecule has 0 N–H and O–H groups in total. The van der Waals surface area contributed by atoms with E-state index >= 15 is 0 Å². The van der Waals surface area contributed by atoms with Crippen molar-refractivity contribution in [2.24, 2.45) is 35.0 Å². The molecule has 3 saturated carbocycles. The highest BCUT2D eigenvalue weighted by Gasteiger charge is 2.52. The predicted octanol–water partition coefficient (Wildman–Crippen LogP) is 8.01. The molecule has 0 heterocycles. The van der Waals surface area contributed by atoms with Crippen LogP contribution in [0.25, 0.3) is 6.08 Å². The van der Waals surface area contributed by atoms with E-state index in [9.17, 15) is 0 Å². The first-order valence-electron chi connectivity index (χ1n) is 12.1. The number of hydrogen-bond donors (Lipinski definition) is 0. The zero-order valence-corrected chi connectivity index (χ0v) is 17.9. The Bertz CT molecular complexity index is 736. The highest BCUT2D eigenvalue weighted by atomic mass is 14.6. The van der Waals surface area contributed by atoms with Gasteiger partial charge in [-0.1, -0.05) is 81.7 Å². The van der Waals surface area contributed by atoms with Crippen LogP contribution < -0.4 is 0 Å². The van der Waals surface area contributed by atoms with Gasteiger partial charge in [-0.3, -0.25) is 0 Å². The third-order valence-corrected chi connectivity index (χ3v) is 9.06. The predicted molar refractivity (Wildman–Crippen MR) is 120 cm³/mol. The lowest BCUT2D eigenvalue weighted by Gasteiger charge is -2.54. The fraction of sp³-hybridized carbons (Fsp3) is 0.643. The van der Waals surface area contributed by atoms with Gasteiger partial charge in [-0.25, -0.2) is 0 Å². The second-order valence-corrected chi connectivity index (χ2v) is 10.7. The van der Waals surface area contributed by atoms with Gasteiger partial charge in [0.05, 0.1) is 0 Å². The lowest BCUT2D eigenvalue weighted by atomic mass is 9.50. The van der Waals surface area contributed by atoms with Gasteiger partial charge in [-0.05, 0) is 85.2 Å². The quantitative estimate of drug-likeness (QED) is 0.470. The number of hydrogen-bond acceptors (Lipinski definition) is 0. The molecular weight excluding hydrogens is 336 g/mol. The molecule has 0 heteroatoms. The van der Waals surface area contributed by atoms with Crippen LogP contribution in [0.1, 0.15) is 88.7 Å². The third kappa shape index (κ3) is 3.21. The molecule has 28 heavy (non-hydrogen) atoms. The largest absolute Gasteiger partial charge is 0.0873 e. The first-order valence-corrected chi connectivity index (χ1v) is 12.1. The van der Waals surface area contributed by atoms with Crippen molar-refractivity contribution in [3.8, 4) is 0 Å². The number of rotatable bonds is 3. The molecule has 0 bridgehead atoms. The minimum absolute atomic E-state index is 0.347. The van der Waals surface area contributed by atoms with E-state index < -0.39 is 0 Å². The smallest absolute Gasteiger partial charge is 0.00982 e. The van der Waals surface area contributed by atoms with Crippen molar-refractivity contribution in [1.82, 2.24) is 0 Å². The maximum Gasteiger partial charge on any atom is 0.00982 e. The topological polar surface area (TPSA) is 0 Å². The molecule has 0 aliphatic heterocycles. The number of allylic oxidation sites excluding steroid dienone is 3. The van der Waals surface area contributed by atoms with Crippen molar-refractivity contribution in [2.75, 3.05) is 0 Å². The lowest BCUT2D eigenvalue weighted by Crippen LogP contribution is -2.46. The average Bonchev–Trinajstić information content (AvgIpc) is 3.17. The minimum Gasteiger partial charge on any atom is -0.0873 e. The van der Waals surface area contributed by atoms with E-state index in [4.69, 9.17) is 0 Å². The van der Waals surface area contributed by atoms with Crippen LogP contribution in [0.15, 0.2) is 42.5 Å². The van der Waals surface area contributed by atoms with Crippen molar-refractivity contribution in [2.45, 2.75) is 77.6 Å². The Labute approximate surface area is 172 Å². The molecule has 4 aliphatic rings. The summed E-state index contributed by atoms with van der Waals surface area (Å²) in [6, 6.07) is 9.25. The average molecular weight is 375 g/mol. The second-order valence-electron chi connectivity index (χ2n) is 10.7. The van der Waals surface area contributed by atoms with E-state index in [0.717, 1.165) is 29.6 Å². The Kier molecular flexibility index (Phi) is 5.02. The molecule has 1 unspecified atom stereocenters. The van der Waals surface area contributed by atoms with Gasteiger partial charge in [0.15, 0.2) is 0 Å². The van der Waals surface area contributed by atoms with E-state index in [1.165, 1.54) is 68.9 Å². The summed E-state index contributed by atoms with van der Waals surface area (Å²) in [6.07, 6.45) is 23.5. The maximum absolute atomic E-state index is 2.61. The van der Waals surface area contributed by atoms with Gasteiger partial charge in [0.25, 0.3) is 0 Å². The number of fused-ring (bicyclic) bond motifs is 5. The monoisotopic (exact) mass is 374 g/mol. The minimum atomic E-state index is 0.347. The van der Waals surface area contributed by atoms with Crippen LogP contribution in [0.5, 0.6) is 0 Å². The van der Waals surface area contributed by atoms with Gasteiger partial charge in [-0.15, -0.1) is 0 Å². The standard InChI is InChI=1S/C28H38/c1-20(2)22-11-9-21(10-12-22)15-18-28-17-5-8-27(28)26-14-13-23-6-3-4-7-24(23)25(26)16-19-28/h5,9-12,15,17-18,20,23-27H,3-4,6-8,13-14,16,19H2,1-2H3/t23?,24-,25+,26+,27-,28+/m0/s1. The molecule has 4 aliphatic carbocycles. The third-order valence-electron chi connectivity index (χ3n) is 9.06. The molecule has 0 spiro atoms. The van der Waals surface area contributed by atoms with Crippen molar-refractivity contribution in [1.29, 1.82) is 0 Å². The molecule has 6 atom stereocenters. The van der Waals surface area contributed by atoms with E-state index in [0.29, 0.717) is 11.3 Å². The first-order chi connectivity index (χ1) is 13.7. The summed E-state index contributed by atoms with van der Waals surface area (Å²) < 4.78 is 0. The van der Waals surface area contributed by atoms with E-state index in [-0.39, 0.29) is 0 Å². The molecule has 0 nitrogen and oxygen atoms in total. The molecule has 0 aromatic heterocycles. The zero-order valence-electron chi connectivity index (χ0n) is 17.9. The molecule has 3 fully saturated rings. The Balaban J connectivity index is 1.35. The Morgan fingerprint density at radius 2 is 1.71 bits per heavy atom. The summed E-state index contributed by atoms with van der Waals surface area (Å²) in [5, 5.41) is 0. The highest BCUT2D eigenvalue weighted by molar-refractivity contribution is 5.52. The Morgan fingerprint density at radius 3 is 2.54 bits per heavy atom. The molecule has 150 valence electrons. The van der Waals surface area contributed by atoms with Gasteiger partial charge in [-0.2, -0.15) is 0 Å². The molecule has 0 radical (unpaired) electrons. The summed E-state index contributed by atoms with van der Waals surface area (Å²) in [4.78, 5) is 0. The van der Waals surface area contributed by atoms with E-state index in [1.807, 2.05) is 0 Å². The normalized spacial score (nSPS) is 39.8. The summed E-state index contributed by atoms with van der Waals surface area (Å²) in [7, 11) is 0. The summed E-state index contributed by atoms with van der Waals surface area (Å²) in [5.41, 5.74) is 3.16. The summed E-state index contributed by atoms with van der Waals surface area (Å²) in [6.45, 7) is 4.55. The van der Waals surface area contributed by atoms with Crippen LogP contribution in [-0.4, -0.2) is 0 Å². The SMILES string of the molecule is CC(C)c1ccc(C=C[C@@]23C=CC[C@H]2[C@@H]2CCC4CCCC[C@@H]4[C@H]2CC3)cc1. The second kappa shape index (κ2) is 7.51. The molecule has 1 aromatic rings. The number of benzene rings is 1. The zero-order chi connectivity index (χ0) is 19.1. The maximum atomic E-state index is 2.61. The van der Waals surface area contributed by atoms with Gasteiger partial charge in [0.1, 0.15) is 0 Å². The van der Waals surface area contributed by atoms with Crippen LogP contribution in [0.3, 0.4) is 0 Å². The van der Waals surface area contributed by atoms with Crippen molar-refractivity contribution in [3.63, 3.8) is 0 Å². The van der Waals surface area contributed by atoms with Gasteiger partial charge >= 0.3 is 0 Å². The first kappa shape index (κ1) is 18.7. The Hall–Kier alpha value is -1.30. The van der Waals surface area contributed by atoms with Gasteiger partial charge in [0.2, 0.25) is 0 Å². The fourth-order valence-electron chi connectivity index (χ4n) is 7.57. The molecule has 0 saturated heterocycles. The van der Waals surface area contributed by atoms with Crippen molar-refractivity contribution < 1.29 is 0 Å².